The predicted molar refractivity (Wildman–Crippen MR) is 92.4 cm³/mol. The topological polar surface area (TPSA) is 84.2 Å². The number of primary amides is 1. The highest BCUT2D eigenvalue weighted by Gasteiger charge is 2.19. The summed E-state index contributed by atoms with van der Waals surface area (Å²) in [5.74, 6) is -0.210. The number of nitrogens with two attached hydrogens (primary N) is 1. The molecule has 0 aliphatic rings. The Morgan fingerprint density at radius 3 is 2.04 bits per heavy atom. The van der Waals surface area contributed by atoms with E-state index in [0.29, 0.717) is 11.4 Å². The summed E-state index contributed by atoms with van der Waals surface area (Å²) in [6, 6.07) is 16.0. The fraction of sp³-hybridized carbons (Fsp3) is 0.222. The number of hydrogen-bond acceptors (Lipinski definition) is 2. The van der Waals surface area contributed by atoms with Crippen LogP contribution in [0, 0.1) is 0 Å². The van der Waals surface area contributed by atoms with Crippen LogP contribution < -0.4 is 16.4 Å². The van der Waals surface area contributed by atoms with Crippen molar-refractivity contribution in [3.8, 4) is 0 Å². The molecule has 2 aromatic carbocycles. The largest absolute Gasteiger partial charge is 0.351 e. The lowest BCUT2D eigenvalue weighted by atomic mass is 9.93. The van der Waals surface area contributed by atoms with Crippen molar-refractivity contribution in [3.63, 3.8) is 0 Å². The summed E-state index contributed by atoms with van der Waals surface area (Å²) in [6.07, 6.45) is 1.71. The number of benzene rings is 2. The second kappa shape index (κ2) is 7.98. The van der Waals surface area contributed by atoms with E-state index in [4.69, 9.17) is 5.73 Å². The molecule has 0 saturated carbocycles. The molecule has 0 spiro atoms. The van der Waals surface area contributed by atoms with Crippen LogP contribution in [-0.2, 0) is 4.79 Å². The molecule has 5 nitrogen and oxygen atoms in total. The molecular weight excluding hydrogens is 290 g/mol. The van der Waals surface area contributed by atoms with Crippen LogP contribution >= 0.6 is 0 Å². The Morgan fingerprint density at radius 2 is 1.52 bits per heavy atom. The molecule has 120 valence electrons. The minimum absolute atomic E-state index is 0.0336. The summed E-state index contributed by atoms with van der Waals surface area (Å²) >= 11 is 0. The molecule has 4 N–H and O–H groups in total. The highest BCUT2D eigenvalue weighted by atomic mass is 16.2. The average molecular weight is 311 g/mol. The molecule has 0 radical (unpaired) electrons. The molecule has 0 saturated heterocycles. The van der Waals surface area contributed by atoms with Gasteiger partial charge in [0.1, 0.15) is 0 Å². The molecule has 0 aliphatic heterocycles. The van der Waals surface area contributed by atoms with E-state index in [0.717, 1.165) is 18.4 Å². The summed E-state index contributed by atoms with van der Waals surface area (Å²) < 4.78 is 0. The third-order valence-electron chi connectivity index (χ3n) is 3.52. The van der Waals surface area contributed by atoms with Gasteiger partial charge in [0.2, 0.25) is 5.91 Å². The van der Waals surface area contributed by atoms with Gasteiger partial charge in [-0.25, -0.2) is 4.79 Å². The quantitative estimate of drug-likeness (QED) is 0.760. The molecule has 0 aliphatic carbocycles. The van der Waals surface area contributed by atoms with Gasteiger partial charge in [-0.05, 0) is 36.2 Å². The van der Waals surface area contributed by atoms with Crippen molar-refractivity contribution < 1.29 is 9.59 Å². The van der Waals surface area contributed by atoms with Gasteiger partial charge in [0.05, 0.1) is 5.92 Å². The van der Waals surface area contributed by atoms with E-state index in [-0.39, 0.29) is 11.8 Å². The standard InChI is InChI=1S/C18H21N3O2/c1-2-6-16(13-7-4-3-5-8-13)17(22)20-14-9-11-15(12-10-14)21-18(19)23/h3-5,7-12,16H,2,6H2,1H3,(H,20,22)(H3,19,21,23). The number of amides is 3. The van der Waals surface area contributed by atoms with E-state index in [1.165, 1.54) is 0 Å². The van der Waals surface area contributed by atoms with Gasteiger partial charge >= 0.3 is 6.03 Å². The van der Waals surface area contributed by atoms with Crippen molar-refractivity contribution in [1.82, 2.24) is 0 Å². The van der Waals surface area contributed by atoms with Crippen LogP contribution in [0.15, 0.2) is 54.6 Å². The first kappa shape index (κ1) is 16.5. The SMILES string of the molecule is CCCC(C(=O)Nc1ccc(NC(N)=O)cc1)c1ccccc1. The van der Waals surface area contributed by atoms with Gasteiger partial charge in [-0.15, -0.1) is 0 Å². The Kier molecular flexibility index (Phi) is 5.74. The van der Waals surface area contributed by atoms with Gasteiger partial charge in [-0.3, -0.25) is 4.79 Å². The molecule has 0 heterocycles. The van der Waals surface area contributed by atoms with Crippen LogP contribution in [0.5, 0.6) is 0 Å². The number of anilines is 2. The number of carbonyl (C=O) groups is 2. The van der Waals surface area contributed by atoms with Crippen LogP contribution in [0.3, 0.4) is 0 Å². The van der Waals surface area contributed by atoms with Crippen molar-refractivity contribution in [2.24, 2.45) is 5.73 Å². The lowest BCUT2D eigenvalue weighted by molar-refractivity contribution is -0.117. The first-order chi connectivity index (χ1) is 11.1. The van der Waals surface area contributed by atoms with Crippen LogP contribution in [0.1, 0.15) is 31.2 Å². The van der Waals surface area contributed by atoms with Crippen LogP contribution in [0.4, 0.5) is 16.2 Å². The van der Waals surface area contributed by atoms with Crippen molar-refractivity contribution >= 4 is 23.3 Å². The van der Waals surface area contributed by atoms with E-state index >= 15 is 0 Å². The third-order valence-corrected chi connectivity index (χ3v) is 3.52. The minimum atomic E-state index is -0.617. The summed E-state index contributed by atoms with van der Waals surface area (Å²) in [5, 5.41) is 5.40. The minimum Gasteiger partial charge on any atom is -0.351 e. The summed E-state index contributed by atoms with van der Waals surface area (Å²) in [4.78, 5) is 23.4. The van der Waals surface area contributed by atoms with Crippen LogP contribution in [0.25, 0.3) is 0 Å². The summed E-state index contributed by atoms with van der Waals surface area (Å²) in [6.45, 7) is 2.06. The molecule has 5 heteroatoms. The smallest absolute Gasteiger partial charge is 0.316 e. The Balaban J connectivity index is 2.08. The number of urea groups is 1. The van der Waals surface area contributed by atoms with Crippen LogP contribution in [-0.4, -0.2) is 11.9 Å². The van der Waals surface area contributed by atoms with Crippen molar-refractivity contribution in [1.29, 1.82) is 0 Å². The zero-order chi connectivity index (χ0) is 16.7. The maximum Gasteiger partial charge on any atom is 0.316 e. The predicted octanol–water partition coefficient (Wildman–Crippen LogP) is 3.70. The Hall–Kier alpha value is -2.82. The van der Waals surface area contributed by atoms with Crippen molar-refractivity contribution in [2.75, 3.05) is 10.6 Å². The number of hydrogen-bond donors (Lipinski definition) is 3. The molecular formula is C18H21N3O2. The van der Waals surface area contributed by atoms with E-state index in [1.807, 2.05) is 30.3 Å². The molecule has 2 aromatic rings. The lowest BCUT2D eigenvalue weighted by Gasteiger charge is -2.16. The molecule has 23 heavy (non-hydrogen) atoms. The Labute approximate surface area is 135 Å². The fourth-order valence-corrected chi connectivity index (χ4v) is 2.43. The van der Waals surface area contributed by atoms with Crippen LogP contribution in [0.2, 0.25) is 0 Å². The average Bonchev–Trinajstić information content (AvgIpc) is 2.54. The first-order valence-corrected chi connectivity index (χ1v) is 7.62. The van der Waals surface area contributed by atoms with Gasteiger partial charge in [0.25, 0.3) is 0 Å². The first-order valence-electron chi connectivity index (χ1n) is 7.62. The summed E-state index contributed by atoms with van der Waals surface area (Å²) in [7, 11) is 0. The Morgan fingerprint density at radius 1 is 0.957 bits per heavy atom. The third kappa shape index (κ3) is 4.85. The molecule has 0 bridgehead atoms. The van der Waals surface area contributed by atoms with E-state index in [1.54, 1.807) is 24.3 Å². The Bertz CT molecular complexity index is 654. The fourth-order valence-electron chi connectivity index (χ4n) is 2.43. The zero-order valence-corrected chi connectivity index (χ0v) is 13.1. The van der Waals surface area contributed by atoms with Gasteiger partial charge in [-0.2, -0.15) is 0 Å². The van der Waals surface area contributed by atoms with Gasteiger partial charge < -0.3 is 16.4 Å². The molecule has 0 aromatic heterocycles. The van der Waals surface area contributed by atoms with Crippen molar-refractivity contribution in [2.45, 2.75) is 25.7 Å². The normalized spacial score (nSPS) is 11.5. The zero-order valence-electron chi connectivity index (χ0n) is 13.1. The van der Waals surface area contributed by atoms with E-state index in [9.17, 15) is 9.59 Å². The number of rotatable bonds is 6. The highest BCUT2D eigenvalue weighted by Crippen LogP contribution is 2.23. The second-order valence-corrected chi connectivity index (χ2v) is 5.31. The van der Waals surface area contributed by atoms with E-state index < -0.39 is 6.03 Å². The van der Waals surface area contributed by atoms with Gasteiger partial charge in [-0.1, -0.05) is 43.7 Å². The second-order valence-electron chi connectivity index (χ2n) is 5.31. The number of carbonyl (C=O) groups excluding carboxylic acids is 2. The monoisotopic (exact) mass is 311 g/mol. The molecule has 1 unspecified atom stereocenters. The molecule has 1 atom stereocenters. The summed E-state index contributed by atoms with van der Waals surface area (Å²) in [5.41, 5.74) is 7.34. The molecule has 2 rings (SSSR count). The maximum absolute atomic E-state index is 12.6. The maximum atomic E-state index is 12.6. The van der Waals surface area contributed by atoms with Gasteiger partial charge in [0.15, 0.2) is 0 Å². The van der Waals surface area contributed by atoms with Crippen molar-refractivity contribution in [3.05, 3.63) is 60.2 Å². The van der Waals surface area contributed by atoms with E-state index in [2.05, 4.69) is 17.6 Å². The number of nitrogens with one attached hydrogen (secondary N) is 2. The molecule has 3 amide bonds. The lowest BCUT2D eigenvalue weighted by Crippen LogP contribution is -2.21. The molecule has 0 fully saturated rings. The highest BCUT2D eigenvalue weighted by molar-refractivity contribution is 5.96. The van der Waals surface area contributed by atoms with Gasteiger partial charge in [0, 0.05) is 11.4 Å².